The minimum absolute atomic E-state index is 0.121. The van der Waals surface area contributed by atoms with Gasteiger partial charge in [-0.25, -0.2) is 4.39 Å². The van der Waals surface area contributed by atoms with Crippen LogP contribution in [0.3, 0.4) is 0 Å². The number of hydrogen-bond donors (Lipinski definition) is 1. The number of para-hydroxylation sites is 1. The monoisotopic (exact) mass is 404 g/mol. The molecule has 2 bridgehead atoms. The Balaban J connectivity index is 1.56. The van der Waals surface area contributed by atoms with Gasteiger partial charge in [-0.15, -0.1) is 10.2 Å². The molecular formula is C20H25FN4O2S. The second-order valence-corrected chi connectivity index (χ2v) is 8.76. The number of aromatic nitrogens is 3. The number of thioether (sulfide) groups is 1. The first-order chi connectivity index (χ1) is 13.5. The molecule has 2 fully saturated rings. The third-order valence-electron chi connectivity index (χ3n) is 6.09. The SMILES string of the molecule is C[C@@H]([C@@H]1C[C@H]2CC[C@H]1C2)n1c(COc2ccccc2F)nnc1SCC(N)=O. The Bertz CT molecular complexity index is 858. The highest BCUT2D eigenvalue weighted by Crippen LogP contribution is 2.52. The lowest BCUT2D eigenvalue weighted by atomic mass is 9.84. The average Bonchev–Trinajstić information content (AvgIpc) is 3.40. The number of hydrogen-bond acceptors (Lipinski definition) is 5. The summed E-state index contributed by atoms with van der Waals surface area (Å²) in [6.07, 6.45) is 5.15. The summed E-state index contributed by atoms with van der Waals surface area (Å²) >= 11 is 1.29. The predicted octanol–water partition coefficient (Wildman–Crippen LogP) is 3.57. The first kappa shape index (κ1) is 19.2. The molecule has 0 aliphatic heterocycles. The average molecular weight is 405 g/mol. The Morgan fingerprint density at radius 2 is 2.18 bits per heavy atom. The number of carbonyl (C=O) groups is 1. The van der Waals surface area contributed by atoms with Crippen LogP contribution in [0.2, 0.25) is 0 Å². The van der Waals surface area contributed by atoms with Gasteiger partial charge in [0.15, 0.2) is 22.5 Å². The fraction of sp³-hybridized carbons (Fsp3) is 0.550. The van der Waals surface area contributed by atoms with Crippen LogP contribution in [0.5, 0.6) is 5.75 Å². The summed E-state index contributed by atoms with van der Waals surface area (Å²) in [5.41, 5.74) is 5.31. The quantitative estimate of drug-likeness (QED) is 0.680. The third-order valence-corrected chi connectivity index (χ3v) is 7.06. The maximum atomic E-state index is 13.9. The number of fused-ring (bicyclic) bond motifs is 2. The molecule has 8 heteroatoms. The summed E-state index contributed by atoms with van der Waals surface area (Å²) in [5.74, 6) is 2.31. The van der Waals surface area contributed by atoms with Crippen molar-refractivity contribution in [3.05, 3.63) is 35.9 Å². The highest BCUT2D eigenvalue weighted by molar-refractivity contribution is 7.99. The van der Waals surface area contributed by atoms with Crippen molar-refractivity contribution in [3.63, 3.8) is 0 Å². The molecule has 2 aliphatic rings. The van der Waals surface area contributed by atoms with Crippen molar-refractivity contribution in [3.8, 4) is 5.75 Å². The van der Waals surface area contributed by atoms with Gasteiger partial charge in [-0.3, -0.25) is 9.36 Å². The molecule has 1 aromatic heterocycles. The zero-order chi connectivity index (χ0) is 19.7. The molecule has 150 valence electrons. The second kappa shape index (κ2) is 8.11. The fourth-order valence-corrected chi connectivity index (χ4v) is 5.61. The maximum Gasteiger partial charge on any atom is 0.227 e. The summed E-state index contributed by atoms with van der Waals surface area (Å²) in [6, 6.07) is 6.51. The van der Waals surface area contributed by atoms with E-state index in [1.807, 2.05) is 0 Å². The summed E-state index contributed by atoms with van der Waals surface area (Å²) in [6.45, 7) is 2.31. The molecule has 0 radical (unpaired) electrons. The molecule has 1 heterocycles. The van der Waals surface area contributed by atoms with Gasteiger partial charge in [0, 0.05) is 6.04 Å². The lowest BCUT2D eigenvalue weighted by Crippen LogP contribution is -2.25. The van der Waals surface area contributed by atoms with E-state index in [4.69, 9.17) is 10.5 Å². The van der Waals surface area contributed by atoms with Gasteiger partial charge in [0.2, 0.25) is 5.91 Å². The van der Waals surface area contributed by atoms with Crippen LogP contribution in [-0.4, -0.2) is 26.4 Å². The molecule has 2 N–H and O–H groups in total. The van der Waals surface area contributed by atoms with Gasteiger partial charge < -0.3 is 10.5 Å². The van der Waals surface area contributed by atoms with Gasteiger partial charge in [-0.05, 0) is 56.1 Å². The van der Waals surface area contributed by atoms with Crippen LogP contribution >= 0.6 is 11.8 Å². The molecule has 0 spiro atoms. The lowest BCUT2D eigenvalue weighted by Gasteiger charge is -2.30. The maximum absolute atomic E-state index is 13.9. The van der Waals surface area contributed by atoms with Gasteiger partial charge in [-0.2, -0.15) is 0 Å². The zero-order valence-electron chi connectivity index (χ0n) is 15.9. The second-order valence-electron chi connectivity index (χ2n) is 7.82. The number of carbonyl (C=O) groups excluding carboxylic acids is 1. The van der Waals surface area contributed by atoms with Gasteiger partial charge in [0.1, 0.15) is 6.61 Å². The van der Waals surface area contributed by atoms with Crippen LogP contribution in [-0.2, 0) is 11.4 Å². The number of nitrogens with two attached hydrogens (primary N) is 1. The molecule has 2 aliphatic carbocycles. The largest absolute Gasteiger partial charge is 0.483 e. The summed E-state index contributed by atoms with van der Waals surface area (Å²) in [7, 11) is 0. The summed E-state index contributed by atoms with van der Waals surface area (Å²) < 4.78 is 21.6. The van der Waals surface area contributed by atoms with E-state index in [1.54, 1.807) is 18.2 Å². The Kier molecular flexibility index (Phi) is 5.57. The van der Waals surface area contributed by atoms with Crippen molar-refractivity contribution in [1.29, 1.82) is 0 Å². The molecule has 0 unspecified atom stereocenters. The van der Waals surface area contributed by atoms with Crippen LogP contribution in [0.15, 0.2) is 29.4 Å². The molecule has 0 saturated heterocycles. The minimum Gasteiger partial charge on any atom is -0.483 e. The van der Waals surface area contributed by atoms with Gasteiger partial charge in [0.25, 0.3) is 0 Å². The van der Waals surface area contributed by atoms with E-state index in [0.29, 0.717) is 16.9 Å². The van der Waals surface area contributed by atoms with E-state index in [9.17, 15) is 9.18 Å². The Morgan fingerprint density at radius 3 is 2.86 bits per heavy atom. The Labute approximate surface area is 168 Å². The van der Waals surface area contributed by atoms with Crippen LogP contribution in [0, 0.1) is 23.6 Å². The molecule has 6 nitrogen and oxygen atoms in total. The van der Waals surface area contributed by atoms with E-state index in [2.05, 4.69) is 21.7 Å². The molecule has 4 rings (SSSR count). The normalized spacial score (nSPS) is 24.4. The first-order valence-corrected chi connectivity index (χ1v) is 10.7. The van der Waals surface area contributed by atoms with Crippen molar-refractivity contribution in [2.24, 2.45) is 23.5 Å². The summed E-state index contributed by atoms with van der Waals surface area (Å²) in [4.78, 5) is 11.2. The number of halogens is 1. The van der Waals surface area contributed by atoms with Gasteiger partial charge in [0.05, 0.1) is 5.75 Å². The molecule has 2 saturated carbocycles. The fourth-order valence-electron chi connectivity index (χ4n) is 4.83. The van der Waals surface area contributed by atoms with E-state index >= 15 is 0 Å². The first-order valence-electron chi connectivity index (χ1n) is 9.75. The van der Waals surface area contributed by atoms with Crippen LogP contribution in [0.1, 0.15) is 44.5 Å². The van der Waals surface area contributed by atoms with Gasteiger partial charge >= 0.3 is 0 Å². The van der Waals surface area contributed by atoms with Crippen LogP contribution in [0.4, 0.5) is 4.39 Å². The Morgan fingerprint density at radius 1 is 1.36 bits per heavy atom. The highest BCUT2D eigenvalue weighted by atomic mass is 32.2. The number of rotatable bonds is 8. The number of nitrogens with zero attached hydrogens (tertiary/aromatic N) is 3. The zero-order valence-corrected chi connectivity index (χ0v) is 16.7. The van der Waals surface area contributed by atoms with Crippen molar-refractivity contribution < 1.29 is 13.9 Å². The summed E-state index contributed by atoms with van der Waals surface area (Å²) in [5, 5.41) is 9.23. The predicted molar refractivity (Wildman–Crippen MR) is 104 cm³/mol. The van der Waals surface area contributed by atoms with Crippen molar-refractivity contribution in [2.45, 2.75) is 50.4 Å². The lowest BCUT2D eigenvalue weighted by molar-refractivity contribution is -0.115. The van der Waals surface area contributed by atoms with E-state index in [1.165, 1.54) is 43.5 Å². The van der Waals surface area contributed by atoms with Crippen LogP contribution < -0.4 is 10.5 Å². The van der Waals surface area contributed by atoms with Gasteiger partial charge in [-0.1, -0.05) is 30.3 Å². The topological polar surface area (TPSA) is 83.0 Å². The van der Waals surface area contributed by atoms with Crippen LogP contribution in [0.25, 0.3) is 0 Å². The van der Waals surface area contributed by atoms with Crippen molar-refractivity contribution in [1.82, 2.24) is 14.8 Å². The highest BCUT2D eigenvalue weighted by Gasteiger charge is 2.43. The number of amides is 1. The standard InChI is InChI=1S/C20H25FN4O2S/c1-12(15-9-13-6-7-14(15)8-13)25-19(23-24-20(25)28-11-18(22)26)10-27-17-5-3-2-4-16(17)21/h2-5,12-15H,6-11H2,1H3,(H2,22,26)/t12-,13-,14-,15-/m0/s1. The van der Waals surface area contributed by atoms with Crippen molar-refractivity contribution >= 4 is 17.7 Å². The smallest absolute Gasteiger partial charge is 0.227 e. The van der Waals surface area contributed by atoms with Crippen molar-refractivity contribution in [2.75, 3.05) is 5.75 Å². The number of benzene rings is 1. The molecule has 2 aromatic rings. The minimum atomic E-state index is -0.405. The molecule has 1 amide bonds. The third kappa shape index (κ3) is 3.87. The molecular weight excluding hydrogens is 379 g/mol. The Hall–Kier alpha value is -2.09. The van der Waals surface area contributed by atoms with E-state index < -0.39 is 11.7 Å². The molecule has 28 heavy (non-hydrogen) atoms. The van der Waals surface area contributed by atoms with E-state index in [-0.39, 0.29) is 24.2 Å². The number of primary amides is 1. The molecule has 4 atom stereocenters. The molecule has 1 aromatic carbocycles. The number of ether oxygens (including phenoxy) is 1. The van der Waals surface area contributed by atoms with E-state index in [0.717, 1.165) is 11.8 Å².